The van der Waals surface area contributed by atoms with Crippen molar-refractivity contribution in [3.63, 3.8) is 0 Å². The van der Waals surface area contributed by atoms with Crippen molar-refractivity contribution in [1.82, 2.24) is 24.7 Å². The third-order valence-electron chi connectivity index (χ3n) is 6.30. The number of nitrogens with zero attached hydrogens (tertiary/aromatic N) is 4. The minimum atomic E-state index is 0.337. The van der Waals surface area contributed by atoms with Crippen molar-refractivity contribution in [3.05, 3.63) is 42.2 Å². The monoisotopic (exact) mass is 367 g/mol. The normalized spacial score (nSPS) is 21.0. The molecule has 1 aromatic carbocycles. The van der Waals surface area contributed by atoms with E-state index in [1.165, 1.54) is 50.0 Å². The van der Waals surface area contributed by atoms with E-state index in [4.69, 9.17) is 4.98 Å². The topological polar surface area (TPSA) is 36.3 Å². The molecule has 0 spiro atoms. The van der Waals surface area contributed by atoms with Crippen LogP contribution in [0.5, 0.6) is 0 Å². The summed E-state index contributed by atoms with van der Waals surface area (Å²) in [6.07, 6.45) is 7.86. The Hall–Kier alpha value is -1.69. The summed E-state index contributed by atoms with van der Waals surface area (Å²) in [6.45, 7) is 5.61. The summed E-state index contributed by atoms with van der Waals surface area (Å²) >= 11 is 0. The second kappa shape index (κ2) is 8.55. The lowest BCUT2D eigenvalue weighted by Gasteiger charge is -2.41. The second-order valence-corrected chi connectivity index (χ2v) is 8.05. The molecule has 4 rings (SSSR count). The Morgan fingerprint density at radius 2 is 1.78 bits per heavy atom. The molecule has 1 aliphatic carbocycles. The van der Waals surface area contributed by atoms with Gasteiger partial charge >= 0.3 is 0 Å². The summed E-state index contributed by atoms with van der Waals surface area (Å²) in [5, 5.41) is 3.39. The van der Waals surface area contributed by atoms with Gasteiger partial charge in [-0.2, -0.15) is 0 Å². The van der Waals surface area contributed by atoms with E-state index in [0.29, 0.717) is 6.04 Å². The van der Waals surface area contributed by atoms with Gasteiger partial charge < -0.3 is 9.88 Å². The molecule has 2 aromatic rings. The Bertz CT molecular complexity index is 712. The van der Waals surface area contributed by atoms with Crippen LogP contribution in [0.3, 0.4) is 0 Å². The number of aryl methyl sites for hydroxylation is 1. The fourth-order valence-electron chi connectivity index (χ4n) is 4.80. The van der Waals surface area contributed by atoms with Crippen molar-refractivity contribution in [1.29, 1.82) is 0 Å². The molecular formula is C22H33N5. The van der Waals surface area contributed by atoms with E-state index in [2.05, 4.69) is 63.3 Å². The van der Waals surface area contributed by atoms with E-state index < -0.39 is 0 Å². The molecule has 1 aromatic heterocycles. The van der Waals surface area contributed by atoms with Gasteiger partial charge in [-0.1, -0.05) is 43.2 Å². The lowest BCUT2D eigenvalue weighted by atomic mass is 10.1. The summed E-state index contributed by atoms with van der Waals surface area (Å²) in [6, 6.07) is 11.7. The second-order valence-electron chi connectivity index (χ2n) is 8.05. The lowest BCUT2D eigenvalue weighted by molar-refractivity contribution is 0.0691. The molecule has 0 radical (unpaired) electrons. The Balaban J connectivity index is 1.48. The Morgan fingerprint density at radius 1 is 1.07 bits per heavy atom. The van der Waals surface area contributed by atoms with Gasteiger partial charge in [0.25, 0.3) is 0 Å². The Morgan fingerprint density at radius 3 is 2.44 bits per heavy atom. The third kappa shape index (κ3) is 4.10. The number of hydrogen-bond acceptors (Lipinski definition) is 4. The van der Waals surface area contributed by atoms with Crippen LogP contribution in [0.1, 0.15) is 37.4 Å². The SMILES string of the molecule is CNCC(c1cn(C)c(-c2ccccc2)n1)N1CCN(C2CCCC2)CC1. The molecule has 2 heterocycles. The first-order valence-electron chi connectivity index (χ1n) is 10.5. The maximum absolute atomic E-state index is 5.04. The predicted octanol–water partition coefficient (Wildman–Crippen LogP) is 2.91. The highest BCUT2D eigenvalue weighted by molar-refractivity contribution is 5.55. The summed E-state index contributed by atoms with van der Waals surface area (Å²) in [4.78, 5) is 10.4. The van der Waals surface area contributed by atoms with E-state index in [-0.39, 0.29) is 0 Å². The summed E-state index contributed by atoms with van der Waals surface area (Å²) in [5.41, 5.74) is 2.36. The molecule has 0 amide bonds. The number of benzene rings is 1. The van der Waals surface area contributed by atoms with Crippen LogP contribution in [-0.4, -0.2) is 65.2 Å². The molecule has 1 atom stereocenters. The van der Waals surface area contributed by atoms with Crippen LogP contribution in [0.2, 0.25) is 0 Å². The van der Waals surface area contributed by atoms with Crippen molar-refractivity contribution in [3.8, 4) is 11.4 Å². The van der Waals surface area contributed by atoms with Crippen molar-refractivity contribution in [2.24, 2.45) is 7.05 Å². The minimum Gasteiger partial charge on any atom is -0.334 e. The first kappa shape index (κ1) is 18.7. The van der Waals surface area contributed by atoms with Crippen LogP contribution in [0.4, 0.5) is 0 Å². The number of nitrogens with one attached hydrogen (secondary N) is 1. The molecule has 1 saturated heterocycles. The highest BCUT2D eigenvalue weighted by Gasteiger charge is 2.30. The average molecular weight is 368 g/mol. The van der Waals surface area contributed by atoms with Crippen molar-refractivity contribution in [2.45, 2.75) is 37.8 Å². The largest absolute Gasteiger partial charge is 0.334 e. The molecule has 1 unspecified atom stereocenters. The maximum atomic E-state index is 5.04. The van der Waals surface area contributed by atoms with Crippen LogP contribution in [-0.2, 0) is 7.05 Å². The Labute approximate surface area is 163 Å². The number of rotatable bonds is 6. The zero-order chi connectivity index (χ0) is 18.6. The van der Waals surface area contributed by atoms with Gasteiger partial charge in [-0.25, -0.2) is 4.98 Å². The maximum Gasteiger partial charge on any atom is 0.140 e. The first-order valence-corrected chi connectivity index (χ1v) is 10.5. The van der Waals surface area contributed by atoms with Crippen molar-refractivity contribution >= 4 is 0 Å². The first-order chi connectivity index (χ1) is 13.3. The zero-order valence-corrected chi connectivity index (χ0v) is 16.8. The van der Waals surface area contributed by atoms with Crippen molar-refractivity contribution in [2.75, 3.05) is 39.8 Å². The molecule has 0 bridgehead atoms. The van der Waals surface area contributed by atoms with Gasteiger partial charge in [0.1, 0.15) is 5.82 Å². The van der Waals surface area contributed by atoms with Gasteiger partial charge in [-0.05, 0) is 19.9 Å². The van der Waals surface area contributed by atoms with E-state index in [0.717, 1.165) is 31.5 Å². The van der Waals surface area contributed by atoms with Crippen LogP contribution < -0.4 is 5.32 Å². The fraction of sp³-hybridized carbons (Fsp3) is 0.591. The molecule has 1 saturated carbocycles. The highest BCUT2D eigenvalue weighted by atomic mass is 15.3. The van der Waals surface area contributed by atoms with E-state index in [1.54, 1.807) is 0 Å². The van der Waals surface area contributed by atoms with Crippen LogP contribution in [0, 0.1) is 0 Å². The molecule has 1 aliphatic heterocycles. The molecule has 2 aliphatic rings. The van der Waals surface area contributed by atoms with Gasteiger partial charge in [0, 0.05) is 57.6 Å². The van der Waals surface area contributed by atoms with E-state index in [1.807, 2.05) is 7.05 Å². The van der Waals surface area contributed by atoms with E-state index >= 15 is 0 Å². The molecule has 5 nitrogen and oxygen atoms in total. The molecule has 2 fully saturated rings. The fourth-order valence-corrected chi connectivity index (χ4v) is 4.80. The number of imidazole rings is 1. The lowest BCUT2D eigenvalue weighted by Crippen LogP contribution is -2.51. The van der Waals surface area contributed by atoms with Crippen LogP contribution in [0.25, 0.3) is 11.4 Å². The Kier molecular flexibility index (Phi) is 5.91. The molecule has 1 N–H and O–H groups in total. The van der Waals surface area contributed by atoms with Gasteiger partial charge in [-0.15, -0.1) is 0 Å². The summed E-state index contributed by atoms with van der Waals surface area (Å²) in [5.74, 6) is 1.05. The standard InChI is InChI=1S/C22H33N5/c1-23-16-21(27-14-12-26(13-15-27)19-10-6-7-11-19)20-17-25(2)22(24-20)18-8-4-3-5-9-18/h3-5,8-9,17,19,21,23H,6-7,10-16H2,1-2H3. The quantitative estimate of drug-likeness (QED) is 0.852. The number of aromatic nitrogens is 2. The number of hydrogen-bond donors (Lipinski definition) is 1. The smallest absolute Gasteiger partial charge is 0.140 e. The van der Waals surface area contributed by atoms with Crippen molar-refractivity contribution < 1.29 is 0 Å². The third-order valence-corrected chi connectivity index (χ3v) is 6.30. The summed E-state index contributed by atoms with van der Waals surface area (Å²) < 4.78 is 2.17. The van der Waals surface area contributed by atoms with Crippen LogP contribution in [0.15, 0.2) is 36.5 Å². The van der Waals surface area contributed by atoms with Gasteiger partial charge in [-0.3, -0.25) is 9.80 Å². The van der Waals surface area contributed by atoms with Gasteiger partial charge in [0.05, 0.1) is 11.7 Å². The highest BCUT2D eigenvalue weighted by Crippen LogP contribution is 2.28. The average Bonchev–Trinajstić information content (AvgIpc) is 3.37. The van der Waals surface area contributed by atoms with Crippen LogP contribution >= 0.6 is 0 Å². The van der Waals surface area contributed by atoms with E-state index in [9.17, 15) is 0 Å². The zero-order valence-electron chi connectivity index (χ0n) is 16.8. The molecule has 146 valence electrons. The summed E-state index contributed by atoms with van der Waals surface area (Å²) in [7, 11) is 4.15. The number of piperazine rings is 1. The molecule has 27 heavy (non-hydrogen) atoms. The number of likely N-dealkylation sites (N-methyl/N-ethyl adjacent to an activating group) is 1. The predicted molar refractivity (Wildman–Crippen MR) is 111 cm³/mol. The minimum absolute atomic E-state index is 0.337. The molecular weight excluding hydrogens is 334 g/mol. The van der Waals surface area contributed by atoms with Gasteiger partial charge in [0.15, 0.2) is 0 Å². The van der Waals surface area contributed by atoms with Gasteiger partial charge in [0.2, 0.25) is 0 Å². The molecule has 5 heteroatoms.